The zero-order valence-electron chi connectivity index (χ0n) is 12.7. The molecule has 9 heteroatoms. The molecule has 1 heterocycles. The molecule has 2 aromatic rings. The number of ether oxygens (including phenoxy) is 1. The summed E-state index contributed by atoms with van der Waals surface area (Å²) in [5, 5.41) is 14.9. The number of hydrogen-bond acceptors (Lipinski definition) is 6. The predicted octanol–water partition coefficient (Wildman–Crippen LogP) is 3.80. The Balaban J connectivity index is 2.03. The van der Waals surface area contributed by atoms with Crippen LogP contribution in [0.3, 0.4) is 0 Å². The molecule has 0 aliphatic heterocycles. The Morgan fingerprint density at radius 2 is 2.08 bits per heavy atom. The Labute approximate surface area is 146 Å². The second-order valence-corrected chi connectivity index (χ2v) is 6.21. The number of aryl methyl sites for hydroxylation is 1. The van der Waals surface area contributed by atoms with Crippen molar-refractivity contribution in [3.8, 4) is 0 Å². The minimum absolute atomic E-state index is 0.0187. The van der Waals surface area contributed by atoms with E-state index in [2.05, 4.69) is 5.32 Å². The van der Waals surface area contributed by atoms with Crippen molar-refractivity contribution in [1.29, 1.82) is 0 Å². The summed E-state index contributed by atoms with van der Waals surface area (Å²) in [6.45, 7) is 3.20. The molecule has 7 nitrogen and oxygen atoms in total. The molecular formula is C15H13ClN2O5S. The third kappa shape index (κ3) is 4.09. The van der Waals surface area contributed by atoms with Crippen LogP contribution in [0, 0.1) is 17.0 Å². The number of non-ortho nitro benzene ring substituents is 1. The highest BCUT2D eigenvalue weighted by molar-refractivity contribution is 7.12. The molecule has 1 unspecified atom stereocenters. The number of esters is 1. The average Bonchev–Trinajstić information content (AvgIpc) is 2.95. The van der Waals surface area contributed by atoms with E-state index in [1.807, 2.05) is 0 Å². The number of carbonyl (C=O) groups excluding carboxylic acids is 2. The van der Waals surface area contributed by atoms with Crippen LogP contribution in [0.15, 0.2) is 29.6 Å². The number of nitrogens with one attached hydrogen (secondary N) is 1. The zero-order valence-corrected chi connectivity index (χ0v) is 14.3. The van der Waals surface area contributed by atoms with Crippen LogP contribution in [-0.2, 0) is 9.53 Å². The van der Waals surface area contributed by atoms with E-state index in [0.717, 1.165) is 11.6 Å². The van der Waals surface area contributed by atoms with Crippen LogP contribution in [-0.4, -0.2) is 22.9 Å². The normalized spacial score (nSPS) is 11.6. The lowest BCUT2D eigenvalue weighted by atomic mass is 10.2. The number of nitro benzene ring substituents is 1. The van der Waals surface area contributed by atoms with E-state index in [1.165, 1.54) is 30.4 Å². The van der Waals surface area contributed by atoms with Crippen LogP contribution in [0.25, 0.3) is 0 Å². The van der Waals surface area contributed by atoms with Crippen LogP contribution in [0.4, 0.5) is 11.4 Å². The minimum Gasteiger partial charge on any atom is -0.448 e. The first-order valence-corrected chi connectivity index (χ1v) is 8.05. The fraction of sp³-hybridized carbons (Fsp3) is 0.200. The van der Waals surface area contributed by atoms with E-state index >= 15 is 0 Å². The number of carbonyl (C=O) groups is 2. The van der Waals surface area contributed by atoms with E-state index in [0.29, 0.717) is 4.88 Å². The molecule has 1 aromatic carbocycles. The van der Waals surface area contributed by atoms with E-state index < -0.39 is 22.9 Å². The zero-order chi connectivity index (χ0) is 17.9. The summed E-state index contributed by atoms with van der Waals surface area (Å²) in [5.74, 6) is -1.17. The number of nitrogens with zero attached hydrogens (tertiary/aromatic N) is 1. The van der Waals surface area contributed by atoms with E-state index in [4.69, 9.17) is 16.3 Å². The number of amides is 1. The average molecular weight is 369 g/mol. The Morgan fingerprint density at radius 1 is 1.38 bits per heavy atom. The summed E-state index contributed by atoms with van der Waals surface area (Å²) >= 11 is 7.14. The van der Waals surface area contributed by atoms with Gasteiger partial charge in [-0.15, -0.1) is 11.3 Å². The third-order valence-electron chi connectivity index (χ3n) is 3.12. The molecule has 126 valence electrons. The second-order valence-electron chi connectivity index (χ2n) is 4.89. The third-order valence-corrected chi connectivity index (χ3v) is 4.43. The SMILES string of the molecule is Cc1ccsc1C(=O)OC(C)C(=O)Nc1ccc([N+](=O)[O-])cc1Cl. The molecule has 0 aliphatic carbocycles. The van der Waals surface area contributed by atoms with Crippen molar-refractivity contribution in [1.82, 2.24) is 0 Å². The highest BCUT2D eigenvalue weighted by Crippen LogP contribution is 2.27. The summed E-state index contributed by atoms with van der Waals surface area (Å²) in [6, 6.07) is 5.44. The first-order chi connectivity index (χ1) is 11.3. The number of halogens is 1. The van der Waals surface area contributed by atoms with Gasteiger partial charge in [0.2, 0.25) is 0 Å². The number of rotatable bonds is 5. The molecule has 0 spiro atoms. The first-order valence-electron chi connectivity index (χ1n) is 6.79. The number of thiophene rings is 1. The highest BCUT2D eigenvalue weighted by atomic mass is 35.5. The maximum absolute atomic E-state index is 12.1. The van der Waals surface area contributed by atoms with Gasteiger partial charge in [-0.1, -0.05) is 11.6 Å². The lowest BCUT2D eigenvalue weighted by molar-refractivity contribution is -0.384. The Bertz CT molecular complexity index is 805. The number of benzene rings is 1. The molecule has 1 aromatic heterocycles. The number of hydrogen-bond donors (Lipinski definition) is 1. The van der Waals surface area contributed by atoms with Gasteiger partial charge in [0.05, 0.1) is 15.6 Å². The van der Waals surface area contributed by atoms with Gasteiger partial charge in [0.15, 0.2) is 6.10 Å². The van der Waals surface area contributed by atoms with Gasteiger partial charge in [-0.05, 0) is 36.9 Å². The van der Waals surface area contributed by atoms with Crippen molar-refractivity contribution in [3.05, 3.63) is 55.2 Å². The maximum Gasteiger partial charge on any atom is 0.349 e. The van der Waals surface area contributed by atoms with Crippen molar-refractivity contribution >= 4 is 46.2 Å². The molecule has 0 saturated carbocycles. The fourth-order valence-corrected chi connectivity index (χ4v) is 2.83. The van der Waals surface area contributed by atoms with Crippen molar-refractivity contribution in [2.75, 3.05) is 5.32 Å². The van der Waals surface area contributed by atoms with Crippen LogP contribution in [0.2, 0.25) is 5.02 Å². The number of anilines is 1. The van der Waals surface area contributed by atoms with E-state index in [1.54, 1.807) is 18.4 Å². The summed E-state index contributed by atoms with van der Waals surface area (Å²) in [7, 11) is 0. The summed E-state index contributed by atoms with van der Waals surface area (Å²) in [5.41, 5.74) is 0.782. The van der Waals surface area contributed by atoms with Gasteiger partial charge in [0, 0.05) is 12.1 Å². The smallest absolute Gasteiger partial charge is 0.349 e. The van der Waals surface area contributed by atoms with Gasteiger partial charge >= 0.3 is 5.97 Å². The van der Waals surface area contributed by atoms with Gasteiger partial charge < -0.3 is 10.1 Å². The van der Waals surface area contributed by atoms with Crippen molar-refractivity contribution in [3.63, 3.8) is 0 Å². The van der Waals surface area contributed by atoms with Crippen molar-refractivity contribution in [2.24, 2.45) is 0 Å². The molecule has 0 aliphatic rings. The topological polar surface area (TPSA) is 98.5 Å². The Morgan fingerprint density at radius 3 is 2.62 bits per heavy atom. The van der Waals surface area contributed by atoms with Gasteiger partial charge in [0.1, 0.15) is 4.88 Å². The molecule has 1 atom stereocenters. The lowest BCUT2D eigenvalue weighted by Crippen LogP contribution is -2.30. The monoisotopic (exact) mass is 368 g/mol. The molecule has 2 rings (SSSR count). The molecule has 1 N–H and O–H groups in total. The van der Waals surface area contributed by atoms with E-state index in [-0.39, 0.29) is 16.4 Å². The van der Waals surface area contributed by atoms with Gasteiger partial charge in [-0.2, -0.15) is 0 Å². The van der Waals surface area contributed by atoms with E-state index in [9.17, 15) is 19.7 Å². The fourth-order valence-electron chi connectivity index (χ4n) is 1.80. The standard InChI is InChI=1S/C15H13ClN2O5S/c1-8-5-6-24-13(8)15(20)23-9(2)14(19)17-12-4-3-10(18(21)22)7-11(12)16/h3-7,9H,1-2H3,(H,17,19). The predicted molar refractivity (Wildman–Crippen MR) is 90.7 cm³/mol. The summed E-state index contributed by atoms with van der Waals surface area (Å²) in [6.07, 6.45) is -1.05. The van der Waals surface area contributed by atoms with Gasteiger partial charge in [0.25, 0.3) is 11.6 Å². The Hall–Kier alpha value is -2.45. The highest BCUT2D eigenvalue weighted by Gasteiger charge is 2.22. The molecule has 0 bridgehead atoms. The van der Waals surface area contributed by atoms with Crippen LogP contribution in [0.1, 0.15) is 22.2 Å². The molecular weight excluding hydrogens is 356 g/mol. The van der Waals surface area contributed by atoms with Gasteiger partial charge in [-0.3, -0.25) is 14.9 Å². The quantitative estimate of drug-likeness (QED) is 0.491. The summed E-state index contributed by atoms with van der Waals surface area (Å²) < 4.78 is 5.12. The van der Waals surface area contributed by atoms with Crippen molar-refractivity contribution < 1.29 is 19.2 Å². The van der Waals surface area contributed by atoms with Gasteiger partial charge in [-0.25, -0.2) is 4.79 Å². The molecule has 24 heavy (non-hydrogen) atoms. The maximum atomic E-state index is 12.1. The van der Waals surface area contributed by atoms with Crippen LogP contribution < -0.4 is 5.32 Å². The Kier molecular flexibility index (Phi) is 5.53. The molecule has 1 amide bonds. The largest absolute Gasteiger partial charge is 0.448 e. The minimum atomic E-state index is -1.05. The lowest BCUT2D eigenvalue weighted by Gasteiger charge is -2.14. The number of nitro groups is 1. The second kappa shape index (κ2) is 7.41. The van der Waals surface area contributed by atoms with Crippen LogP contribution >= 0.6 is 22.9 Å². The first kappa shape index (κ1) is 17.9. The molecule has 0 fully saturated rings. The molecule has 0 radical (unpaired) electrons. The van der Waals surface area contributed by atoms with Crippen molar-refractivity contribution in [2.45, 2.75) is 20.0 Å². The summed E-state index contributed by atoms with van der Waals surface area (Å²) in [4.78, 5) is 34.6. The molecule has 0 saturated heterocycles. The van der Waals surface area contributed by atoms with Crippen LogP contribution in [0.5, 0.6) is 0 Å².